The number of aliphatic hydroxyl groups excluding tert-OH is 1. The fourth-order valence-electron chi connectivity index (χ4n) is 7.57. The quantitative estimate of drug-likeness (QED) is 0.125. The van der Waals surface area contributed by atoms with E-state index in [2.05, 4.69) is 37.4 Å². The highest BCUT2D eigenvalue weighted by atomic mass is 16.5. The van der Waals surface area contributed by atoms with Crippen molar-refractivity contribution in [2.75, 3.05) is 20.2 Å². The lowest BCUT2D eigenvalue weighted by molar-refractivity contribution is -0.136. The van der Waals surface area contributed by atoms with Crippen molar-refractivity contribution in [1.29, 1.82) is 0 Å². The Bertz CT molecular complexity index is 2180. The molecule has 2 aromatic carbocycles. The lowest BCUT2D eigenvalue weighted by Crippen LogP contribution is -2.51. The van der Waals surface area contributed by atoms with Crippen molar-refractivity contribution in [2.24, 2.45) is 17.6 Å². The van der Waals surface area contributed by atoms with Crippen molar-refractivity contribution in [2.45, 2.75) is 77.2 Å². The van der Waals surface area contributed by atoms with Crippen LogP contribution < -0.4 is 11.1 Å². The Morgan fingerprint density at radius 3 is 2.18 bits per heavy atom. The average Bonchev–Trinajstić information content (AvgIpc) is 4.02. The molecular formula is C41H49N9O5. The van der Waals surface area contributed by atoms with Gasteiger partial charge in [0.05, 0.1) is 66.3 Å². The lowest BCUT2D eigenvalue weighted by atomic mass is 10.0. The van der Waals surface area contributed by atoms with Gasteiger partial charge >= 0.3 is 6.09 Å². The zero-order chi connectivity index (χ0) is 39.0. The smallest absolute Gasteiger partial charge is 0.407 e. The summed E-state index contributed by atoms with van der Waals surface area (Å²) >= 11 is 0. The number of ether oxygens (including phenoxy) is 1. The molecule has 0 unspecified atom stereocenters. The number of nitrogens with two attached hydrogens (primary N) is 1. The number of rotatable bonds is 10. The number of β-amino-alcohol motifs (C(OH)–C–C–N with tert-alkyl or cyclic N) is 1. The number of hydrogen-bond donors (Lipinski definition) is 5. The number of imidazole rings is 2. The lowest BCUT2D eigenvalue weighted by Gasteiger charge is -2.30. The van der Waals surface area contributed by atoms with Crippen LogP contribution >= 0.6 is 0 Å². The first-order chi connectivity index (χ1) is 26.4. The molecule has 55 heavy (non-hydrogen) atoms. The van der Waals surface area contributed by atoms with Crippen LogP contribution in [0.3, 0.4) is 0 Å². The second-order valence-electron chi connectivity index (χ2n) is 15.3. The van der Waals surface area contributed by atoms with Gasteiger partial charge in [0, 0.05) is 36.0 Å². The van der Waals surface area contributed by atoms with Crippen molar-refractivity contribution in [3.8, 4) is 33.8 Å². The first kappa shape index (κ1) is 37.7. The van der Waals surface area contributed by atoms with Crippen LogP contribution in [0.2, 0.25) is 0 Å². The Labute approximate surface area is 319 Å². The van der Waals surface area contributed by atoms with E-state index in [0.717, 1.165) is 57.5 Å². The number of H-pyrrole nitrogens is 2. The van der Waals surface area contributed by atoms with E-state index in [1.54, 1.807) is 22.2 Å². The summed E-state index contributed by atoms with van der Waals surface area (Å²) < 4.78 is 4.76. The van der Waals surface area contributed by atoms with Crippen LogP contribution in [0, 0.1) is 11.8 Å². The average molecular weight is 748 g/mol. The van der Waals surface area contributed by atoms with Gasteiger partial charge in [-0.2, -0.15) is 0 Å². The molecule has 2 aliphatic rings. The summed E-state index contributed by atoms with van der Waals surface area (Å²) in [6.45, 7) is 8.45. The number of aromatic amines is 2. The van der Waals surface area contributed by atoms with Gasteiger partial charge in [-0.05, 0) is 48.4 Å². The number of benzene rings is 2. The molecule has 5 atom stereocenters. The number of carbonyl (C=O) groups excluding carboxylic acids is 3. The Morgan fingerprint density at radius 1 is 0.855 bits per heavy atom. The fraction of sp³-hybridized carbons (Fsp3) is 0.415. The molecule has 7 rings (SSSR count). The second kappa shape index (κ2) is 15.6. The van der Waals surface area contributed by atoms with Crippen LogP contribution in [0.5, 0.6) is 0 Å². The molecule has 0 radical (unpaired) electrons. The van der Waals surface area contributed by atoms with Gasteiger partial charge in [-0.25, -0.2) is 19.7 Å². The zero-order valence-corrected chi connectivity index (χ0v) is 31.8. The highest BCUT2D eigenvalue weighted by Gasteiger charge is 2.40. The number of likely N-dealkylation sites (tertiary alicyclic amines) is 2. The van der Waals surface area contributed by atoms with Crippen LogP contribution in [-0.2, 0) is 14.3 Å². The largest absolute Gasteiger partial charge is 0.453 e. The molecule has 14 nitrogen and oxygen atoms in total. The highest BCUT2D eigenvalue weighted by molar-refractivity contribution is 5.87. The Morgan fingerprint density at radius 2 is 1.51 bits per heavy atom. The van der Waals surface area contributed by atoms with E-state index < -0.39 is 24.3 Å². The van der Waals surface area contributed by atoms with Gasteiger partial charge in [-0.1, -0.05) is 64.1 Å². The molecule has 14 heteroatoms. The highest BCUT2D eigenvalue weighted by Crippen LogP contribution is 2.35. The molecule has 5 heterocycles. The predicted octanol–water partition coefficient (Wildman–Crippen LogP) is 5.34. The summed E-state index contributed by atoms with van der Waals surface area (Å²) in [5, 5.41) is 14.1. The first-order valence-electron chi connectivity index (χ1n) is 18.9. The van der Waals surface area contributed by atoms with E-state index >= 15 is 0 Å². The molecule has 5 aromatic rings. The van der Waals surface area contributed by atoms with E-state index in [-0.39, 0.29) is 42.3 Å². The second-order valence-corrected chi connectivity index (χ2v) is 15.3. The Kier molecular flexibility index (Phi) is 10.7. The molecule has 3 aromatic heterocycles. The molecule has 288 valence electrons. The molecule has 0 saturated carbocycles. The molecular weight excluding hydrogens is 699 g/mol. The summed E-state index contributed by atoms with van der Waals surface area (Å²) in [5.41, 5.74) is 12.4. The van der Waals surface area contributed by atoms with Gasteiger partial charge in [-0.3, -0.25) is 9.59 Å². The van der Waals surface area contributed by atoms with Gasteiger partial charge in [0.1, 0.15) is 17.7 Å². The van der Waals surface area contributed by atoms with Gasteiger partial charge < -0.3 is 40.7 Å². The summed E-state index contributed by atoms with van der Waals surface area (Å²) in [5.74, 6) is 0.894. The van der Waals surface area contributed by atoms with Crippen molar-refractivity contribution in [3.05, 3.63) is 78.6 Å². The number of fused-ring (bicyclic) bond motifs is 1. The number of amides is 3. The number of methoxy groups -OCH3 is 1. The van der Waals surface area contributed by atoms with Crippen molar-refractivity contribution >= 4 is 28.8 Å². The predicted molar refractivity (Wildman–Crippen MR) is 208 cm³/mol. The van der Waals surface area contributed by atoms with Gasteiger partial charge in [0.2, 0.25) is 11.8 Å². The van der Waals surface area contributed by atoms with E-state index in [0.29, 0.717) is 24.6 Å². The SMILES string of the molecule is COC(=O)N[C@H](C(=O)N1CCC[C@H]1c1ncc(-c2ccc3nc(-c4ccc(-c5cnc([C@@H]6C[C@@H](O)CN6C(=O)[C@@H](N)C(C)C)[nH]5)cc4)ccc3c2)[nH]1)C(C)C. The van der Waals surface area contributed by atoms with E-state index in [1.807, 2.05) is 70.2 Å². The fourth-order valence-corrected chi connectivity index (χ4v) is 7.57. The third-order valence-corrected chi connectivity index (χ3v) is 10.8. The maximum absolute atomic E-state index is 13.6. The summed E-state index contributed by atoms with van der Waals surface area (Å²) in [6.07, 6.45) is 4.31. The van der Waals surface area contributed by atoms with E-state index in [4.69, 9.17) is 15.5 Å². The molecule has 2 aliphatic heterocycles. The third-order valence-electron chi connectivity index (χ3n) is 10.8. The number of aliphatic hydroxyl groups is 1. The van der Waals surface area contributed by atoms with Gasteiger partial charge in [0.15, 0.2) is 0 Å². The minimum atomic E-state index is -0.693. The van der Waals surface area contributed by atoms with Crippen molar-refractivity contribution < 1.29 is 24.2 Å². The first-order valence-corrected chi connectivity index (χ1v) is 18.9. The number of aromatic nitrogens is 5. The maximum atomic E-state index is 13.6. The summed E-state index contributed by atoms with van der Waals surface area (Å²) in [6, 6.07) is 16.3. The molecule has 0 bridgehead atoms. The number of nitrogens with one attached hydrogen (secondary N) is 3. The number of pyridine rings is 1. The summed E-state index contributed by atoms with van der Waals surface area (Å²) in [7, 11) is 1.29. The van der Waals surface area contributed by atoms with Crippen molar-refractivity contribution in [3.63, 3.8) is 0 Å². The van der Waals surface area contributed by atoms with E-state index in [1.165, 1.54) is 7.11 Å². The molecule has 6 N–H and O–H groups in total. The number of hydrogen-bond acceptors (Lipinski definition) is 9. The molecule has 0 aliphatic carbocycles. The van der Waals surface area contributed by atoms with Gasteiger partial charge in [0.25, 0.3) is 0 Å². The standard InChI is InChI=1S/C41H49N9O5/c1-22(2)35(42)39(52)50-21-28(51)18-34(50)38-44-19-31(46-38)25-10-8-24(9-11-25)29-14-12-26-17-27(13-15-30(26)45-29)32-20-43-37(47-32)33-7-6-16-49(33)40(53)36(23(3)4)48-41(54)55-5/h8-15,17,19-20,22-23,28,33-36,51H,6-7,16,18,21,42H2,1-5H3,(H,43,47)(H,44,46)(H,48,54)/t28-,33+,34+,35+,36+/m1/s1. The number of nitrogens with zero attached hydrogens (tertiary/aromatic N) is 5. The Balaban J connectivity index is 1.04. The monoisotopic (exact) mass is 747 g/mol. The third kappa shape index (κ3) is 7.69. The maximum Gasteiger partial charge on any atom is 0.407 e. The molecule has 2 fully saturated rings. The molecule has 3 amide bonds. The minimum absolute atomic E-state index is 0.0137. The van der Waals surface area contributed by atoms with Crippen molar-refractivity contribution in [1.82, 2.24) is 40.0 Å². The Hall–Kier alpha value is -5.60. The van der Waals surface area contributed by atoms with Gasteiger partial charge in [-0.15, -0.1) is 0 Å². The minimum Gasteiger partial charge on any atom is -0.453 e. The number of alkyl carbamates (subject to hydrolysis) is 1. The zero-order valence-electron chi connectivity index (χ0n) is 31.8. The normalized spacial score (nSPS) is 19.7. The molecule has 0 spiro atoms. The molecule has 2 saturated heterocycles. The topological polar surface area (TPSA) is 195 Å². The summed E-state index contributed by atoms with van der Waals surface area (Å²) in [4.78, 5) is 63.1. The van der Waals surface area contributed by atoms with E-state index in [9.17, 15) is 19.5 Å². The number of carbonyl (C=O) groups is 3. The van der Waals surface area contributed by atoms with Crippen LogP contribution in [0.25, 0.3) is 44.7 Å². The van der Waals surface area contributed by atoms with Crippen LogP contribution in [0.4, 0.5) is 4.79 Å². The van der Waals surface area contributed by atoms with Crippen LogP contribution in [-0.4, -0.2) is 96.1 Å². The van der Waals surface area contributed by atoms with Crippen LogP contribution in [0.1, 0.15) is 70.7 Å². The van der Waals surface area contributed by atoms with Crippen LogP contribution in [0.15, 0.2) is 67.0 Å².